The maximum Gasteiger partial charge on any atom is 0.231 e. The second kappa shape index (κ2) is 7.94. The van der Waals surface area contributed by atoms with E-state index in [9.17, 15) is 0 Å². The van der Waals surface area contributed by atoms with Crippen molar-refractivity contribution in [3.63, 3.8) is 0 Å². The van der Waals surface area contributed by atoms with Gasteiger partial charge in [0, 0.05) is 44.9 Å². The first-order valence-electron chi connectivity index (χ1n) is 6.71. The predicted octanol–water partition coefficient (Wildman–Crippen LogP) is 0.912. The quantitative estimate of drug-likeness (QED) is 0.657. The second-order valence-corrected chi connectivity index (χ2v) is 4.41. The Morgan fingerprint density at radius 1 is 1.25 bits per heavy atom. The SMILES string of the molecule is COCCNCc1cc2c(cc1OCCCO)OCO2. The lowest BCUT2D eigenvalue weighted by molar-refractivity contribution is 0.173. The summed E-state index contributed by atoms with van der Waals surface area (Å²) < 4.78 is 21.4. The average Bonchev–Trinajstić information content (AvgIpc) is 2.91. The number of fused-ring (bicyclic) bond motifs is 1. The summed E-state index contributed by atoms with van der Waals surface area (Å²) >= 11 is 0. The van der Waals surface area contributed by atoms with Crippen molar-refractivity contribution in [2.75, 3.05) is 40.3 Å². The van der Waals surface area contributed by atoms with Crippen molar-refractivity contribution in [2.24, 2.45) is 0 Å². The van der Waals surface area contributed by atoms with Gasteiger partial charge in [0.15, 0.2) is 11.5 Å². The van der Waals surface area contributed by atoms with Gasteiger partial charge in [-0.05, 0) is 6.07 Å². The Bertz CT molecular complexity index is 424. The monoisotopic (exact) mass is 283 g/mol. The maximum atomic E-state index is 8.82. The van der Waals surface area contributed by atoms with Gasteiger partial charge in [-0.25, -0.2) is 0 Å². The number of nitrogens with one attached hydrogen (secondary N) is 1. The Hall–Kier alpha value is -1.50. The van der Waals surface area contributed by atoms with E-state index in [-0.39, 0.29) is 13.4 Å². The molecule has 2 N–H and O–H groups in total. The molecule has 0 fully saturated rings. The van der Waals surface area contributed by atoms with E-state index in [2.05, 4.69) is 5.32 Å². The van der Waals surface area contributed by atoms with E-state index in [0.717, 1.165) is 23.6 Å². The number of aliphatic hydroxyl groups excluding tert-OH is 1. The van der Waals surface area contributed by atoms with Crippen LogP contribution >= 0.6 is 0 Å². The molecule has 6 heteroatoms. The van der Waals surface area contributed by atoms with Crippen LogP contribution in [0.5, 0.6) is 17.2 Å². The van der Waals surface area contributed by atoms with E-state index in [1.165, 1.54) is 0 Å². The Balaban J connectivity index is 2.01. The smallest absolute Gasteiger partial charge is 0.231 e. The van der Waals surface area contributed by atoms with Gasteiger partial charge in [-0.3, -0.25) is 0 Å². The topological polar surface area (TPSA) is 69.2 Å². The molecule has 112 valence electrons. The molecular formula is C14H21NO5. The number of aliphatic hydroxyl groups is 1. The molecule has 0 aromatic heterocycles. The predicted molar refractivity (Wildman–Crippen MR) is 73.3 cm³/mol. The Morgan fingerprint density at radius 3 is 2.80 bits per heavy atom. The van der Waals surface area contributed by atoms with Crippen LogP contribution in [-0.4, -0.2) is 45.4 Å². The molecule has 0 atom stereocenters. The molecule has 0 saturated heterocycles. The van der Waals surface area contributed by atoms with Crippen LogP contribution in [0, 0.1) is 0 Å². The van der Waals surface area contributed by atoms with Crippen molar-refractivity contribution >= 4 is 0 Å². The number of rotatable bonds is 9. The van der Waals surface area contributed by atoms with Gasteiger partial charge in [-0.2, -0.15) is 0 Å². The molecule has 1 aromatic rings. The molecule has 0 aliphatic carbocycles. The van der Waals surface area contributed by atoms with Crippen LogP contribution in [0.25, 0.3) is 0 Å². The van der Waals surface area contributed by atoms with E-state index < -0.39 is 0 Å². The van der Waals surface area contributed by atoms with E-state index in [4.69, 9.17) is 24.1 Å². The summed E-state index contributed by atoms with van der Waals surface area (Å²) in [5, 5.41) is 12.1. The highest BCUT2D eigenvalue weighted by atomic mass is 16.7. The number of benzene rings is 1. The van der Waals surface area contributed by atoms with Gasteiger partial charge in [0.1, 0.15) is 5.75 Å². The summed E-state index contributed by atoms with van der Waals surface area (Å²) in [6.45, 7) is 2.92. The maximum absolute atomic E-state index is 8.82. The third-order valence-electron chi connectivity index (χ3n) is 2.91. The molecular weight excluding hydrogens is 262 g/mol. The van der Waals surface area contributed by atoms with Gasteiger partial charge in [0.05, 0.1) is 13.2 Å². The molecule has 0 spiro atoms. The van der Waals surface area contributed by atoms with Crippen LogP contribution in [0.4, 0.5) is 0 Å². The lowest BCUT2D eigenvalue weighted by atomic mass is 10.1. The van der Waals surface area contributed by atoms with Crippen LogP contribution in [0.15, 0.2) is 12.1 Å². The van der Waals surface area contributed by atoms with Gasteiger partial charge in [-0.15, -0.1) is 0 Å². The fraction of sp³-hybridized carbons (Fsp3) is 0.571. The minimum absolute atomic E-state index is 0.117. The molecule has 1 aromatic carbocycles. The summed E-state index contributed by atoms with van der Waals surface area (Å²) in [5.74, 6) is 2.19. The number of ether oxygens (including phenoxy) is 4. The summed E-state index contributed by atoms with van der Waals surface area (Å²) in [6, 6.07) is 3.77. The van der Waals surface area contributed by atoms with Crippen LogP contribution in [0.3, 0.4) is 0 Å². The highest BCUT2D eigenvalue weighted by molar-refractivity contribution is 5.51. The normalized spacial score (nSPS) is 12.7. The summed E-state index contributed by atoms with van der Waals surface area (Å²) in [7, 11) is 1.67. The first kappa shape index (κ1) is 14.9. The van der Waals surface area contributed by atoms with Gasteiger partial charge in [0.2, 0.25) is 6.79 Å². The lowest BCUT2D eigenvalue weighted by Crippen LogP contribution is -2.19. The number of hydrogen-bond acceptors (Lipinski definition) is 6. The molecule has 2 rings (SSSR count). The summed E-state index contributed by atoms with van der Waals surface area (Å²) in [4.78, 5) is 0. The van der Waals surface area contributed by atoms with Crippen LogP contribution < -0.4 is 19.5 Å². The van der Waals surface area contributed by atoms with E-state index in [0.29, 0.717) is 31.9 Å². The third-order valence-corrected chi connectivity index (χ3v) is 2.91. The minimum Gasteiger partial charge on any atom is -0.493 e. The van der Waals surface area contributed by atoms with Gasteiger partial charge in [-0.1, -0.05) is 0 Å². The van der Waals surface area contributed by atoms with Crippen molar-refractivity contribution in [2.45, 2.75) is 13.0 Å². The van der Waals surface area contributed by atoms with Crippen molar-refractivity contribution in [3.05, 3.63) is 17.7 Å². The minimum atomic E-state index is 0.117. The van der Waals surface area contributed by atoms with Crippen molar-refractivity contribution in [3.8, 4) is 17.2 Å². The van der Waals surface area contributed by atoms with Crippen LogP contribution in [-0.2, 0) is 11.3 Å². The second-order valence-electron chi connectivity index (χ2n) is 4.41. The largest absolute Gasteiger partial charge is 0.493 e. The van der Waals surface area contributed by atoms with Crippen LogP contribution in [0.1, 0.15) is 12.0 Å². The molecule has 0 saturated carbocycles. The van der Waals surface area contributed by atoms with Gasteiger partial charge >= 0.3 is 0 Å². The molecule has 20 heavy (non-hydrogen) atoms. The molecule has 0 amide bonds. The molecule has 1 aliphatic heterocycles. The molecule has 0 radical (unpaired) electrons. The number of methoxy groups -OCH3 is 1. The molecule has 0 bridgehead atoms. The zero-order chi connectivity index (χ0) is 14.2. The van der Waals surface area contributed by atoms with Crippen molar-refractivity contribution in [1.82, 2.24) is 5.32 Å². The molecule has 0 unspecified atom stereocenters. The van der Waals surface area contributed by atoms with Crippen molar-refractivity contribution in [1.29, 1.82) is 0 Å². The fourth-order valence-corrected chi connectivity index (χ4v) is 1.88. The standard InChI is InChI=1S/C14H21NO5/c1-17-6-3-15-9-11-7-13-14(20-10-19-13)8-12(11)18-5-2-4-16/h7-8,15-16H,2-6,9-10H2,1H3. The van der Waals surface area contributed by atoms with E-state index >= 15 is 0 Å². The zero-order valence-corrected chi connectivity index (χ0v) is 11.7. The lowest BCUT2D eigenvalue weighted by Gasteiger charge is -2.13. The highest BCUT2D eigenvalue weighted by Gasteiger charge is 2.17. The summed E-state index contributed by atoms with van der Waals surface area (Å²) in [5.41, 5.74) is 1.00. The first-order valence-corrected chi connectivity index (χ1v) is 6.71. The van der Waals surface area contributed by atoms with Gasteiger partial charge in [0.25, 0.3) is 0 Å². The molecule has 1 heterocycles. The third kappa shape index (κ3) is 4.00. The zero-order valence-electron chi connectivity index (χ0n) is 11.7. The Kier molecular flexibility index (Phi) is 5.91. The highest BCUT2D eigenvalue weighted by Crippen LogP contribution is 2.38. The van der Waals surface area contributed by atoms with Crippen molar-refractivity contribution < 1.29 is 24.1 Å². The molecule has 1 aliphatic rings. The summed E-state index contributed by atoms with van der Waals surface area (Å²) in [6.07, 6.45) is 0.602. The van der Waals surface area contributed by atoms with E-state index in [1.54, 1.807) is 7.11 Å². The molecule has 6 nitrogen and oxygen atoms in total. The van der Waals surface area contributed by atoms with Gasteiger partial charge < -0.3 is 29.4 Å². The number of hydrogen-bond donors (Lipinski definition) is 2. The Morgan fingerprint density at radius 2 is 2.05 bits per heavy atom. The Labute approximate surface area is 118 Å². The average molecular weight is 283 g/mol. The first-order chi connectivity index (χ1) is 9.85. The van der Waals surface area contributed by atoms with E-state index in [1.807, 2.05) is 12.1 Å². The van der Waals surface area contributed by atoms with Crippen LogP contribution in [0.2, 0.25) is 0 Å². The fourth-order valence-electron chi connectivity index (χ4n) is 1.88.